The summed E-state index contributed by atoms with van der Waals surface area (Å²) in [6, 6.07) is 0. The van der Waals surface area contributed by atoms with Crippen LogP contribution in [0, 0.1) is 11.8 Å². The molecule has 0 aromatic carbocycles. The summed E-state index contributed by atoms with van der Waals surface area (Å²) in [5.41, 5.74) is 0. The fourth-order valence-corrected chi connectivity index (χ4v) is 3.49. The highest BCUT2D eigenvalue weighted by Crippen LogP contribution is 2.18. The van der Waals surface area contributed by atoms with Crippen molar-refractivity contribution in [1.82, 2.24) is 15.1 Å². The van der Waals surface area contributed by atoms with Crippen LogP contribution in [-0.4, -0.2) is 89.0 Å². The maximum atomic E-state index is 5.67. The summed E-state index contributed by atoms with van der Waals surface area (Å²) in [6.07, 6.45) is 2.48. The van der Waals surface area contributed by atoms with E-state index in [9.17, 15) is 0 Å². The van der Waals surface area contributed by atoms with Gasteiger partial charge in [-0.05, 0) is 31.8 Å². The van der Waals surface area contributed by atoms with Gasteiger partial charge in [-0.25, -0.2) is 0 Å². The van der Waals surface area contributed by atoms with Gasteiger partial charge in [-0.1, -0.05) is 6.92 Å². The molecule has 2 fully saturated rings. The lowest BCUT2D eigenvalue weighted by molar-refractivity contribution is 0.0536. The van der Waals surface area contributed by atoms with Crippen LogP contribution < -0.4 is 5.32 Å². The Morgan fingerprint density at radius 1 is 1.17 bits per heavy atom. The molecule has 2 heterocycles. The summed E-state index contributed by atoms with van der Waals surface area (Å²) in [5.74, 6) is 2.41. The van der Waals surface area contributed by atoms with E-state index in [2.05, 4.69) is 27.0 Å². The first kappa shape index (κ1) is 21.9. The first-order valence-corrected chi connectivity index (χ1v) is 9.01. The van der Waals surface area contributed by atoms with E-state index in [1.54, 1.807) is 7.11 Å². The normalized spacial score (nSPS) is 25.1. The molecule has 1 N–H and O–H groups in total. The van der Waals surface area contributed by atoms with E-state index in [4.69, 9.17) is 9.47 Å². The van der Waals surface area contributed by atoms with Gasteiger partial charge in [0, 0.05) is 46.3 Å². The Hall–Kier alpha value is -0.120. The largest absolute Gasteiger partial charge is 0.382 e. The van der Waals surface area contributed by atoms with E-state index in [1.165, 1.54) is 32.5 Å². The monoisotopic (exact) mass is 454 g/mol. The molecule has 2 unspecified atom stereocenters. The maximum absolute atomic E-state index is 5.67. The van der Waals surface area contributed by atoms with E-state index < -0.39 is 0 Å². The number of nitrogens with one attached hydrogen (secondary N) is 1. The predicted octanol–water partition coefficient (Wildman–Crippen LogP) is 1.51. The fraction of sp³-hybridized carbons (Fsp3) is 0.941. The van der Waals surface area contributed by atoms with E-state index in [-0.39, 0.29) is 24.0 Å². The molecule has 0 bridgehead atoms. The Bertz CT molecular complexity index is 370. The number of halogens is 1. The molecule has 0 amide bonds. The molecule has 0 aromatic heterocycles. The first-order chi connectivity index (χ1) is 11.3. The highest BCUT2D eigenvalue weighted by atomic mass is 127. The van der Waals surface area contributed by atoms with Crippen LogP contribution in [0.25, 0.3) is 0 Å². The second-order valence-electron chi connectivity index (χ2n) is 6.64. The Morgan fingerprint density at radius 2 is 1.96 bits per heavy atom. The lowest BCUT2D eigenvalue weighted by atomic mass is 10.1. The van der Waals surface area contributed by atoms with E-state index in [0.717, 1.165) is 38.1 Å². The van der Waals surface area contributed by atoms with Crippen molar-refractivity contribution in [3.8, 4) is 0 Å². The number of likely N-dealkylation sites (tertiary alicyclic amines) is 2. The zero-order chi connectivity index (χ0) is 16.5. The second kappa shape index (κ2) is 12.3. The number of methoxy groups -OCH3 is 1. The maximum Gasteiger partial charge on any atom is 0.193 e. The van der Waals surface area contributed by atoms with Crippen LogP contribution in [0.2, 0.25) is 0 Å². The molecule has 0 aliphatic carbocycles. The number of hydrogen-bond donors (Lipinski definition) is 1. The van der Waals surface area contributed by atoms with Gasteiger partial charge in [0.25, 0.3) is 0 Å². The summed E-state index contributed by atoms with van der Waals surface area (Å²) < 4.78 is 10.7. The Morgan fingerprint density at radius 3 is 2.62 bits per heavy atom. The molecule has 24 heavy (non-hydrogen) atoms. The minimum Gasteiger partial charge on any atom is -0.382 e. The summed E-state index contributed by atoms with van der Waals surface area (Å²) in [5, 5.41) is 3.58. The molecule has 2 aliphatic heterocycles. The summed E-state index contributed by atoms with van der Waals surface area (Å²) in [4.78, 5) is 9.37. The van der Waals surface area contributed by atoms with Crippen LogP contribution in [0.3, 0.4) is 0 Å². The molecule has 2 aliphatic rings. The van der Waals surface area contributed by atoms with E-state index >= 15 is 0 Å². The smallest absolute Gasteiger partial charge is 0.193 e. The van der Waals surface area contributed by atoms with E-state index in [1.807, 2.05) is 7.05 Å². The molecule has 2 rings (SSSR count). The van der Waals surface area contributed by atoms with Gasteiger partial charge in [-0.2, -0.15) is 0 Å². The number of aliphatic imine (C=N–C) groups is 1. The molecule has 0 aromatic rings. The zero-order valence-electron chi connectivity index (χ0n) is 15.5. The van der Waals surface area contributed by atoms with Crippen LogP contribution in [0.15, 0.2) is 4.99 Å². The van der Waals surface area contributed by atoms with E-state index in [0.29, 0.717) is 19.1 Å². The fourth-order valence-electron chi connectivity index (χ4n) is 3.49. The zero-order valence-corrected chi connectivity index (χ0v) is 17.8. The summed E-state index contributed by atoms with van der Waals surface area (Å²) >= 11 is 0. The lowest BCUT2D eigenvalue weighted by Crippen LogP contribution is -2.42. The second-order valence-corrected chi connectivity index (χ2v) is 6.64. The van der Waals surface area contributed by atoms with Crippen molar-refractivity contribution in [2.24, 2.45) is 16.8 Å². The third kappa shape index (κ3) is 7.01. The third-order valence-electron chi connectivity index (χ3n) is 4.95. The van der Waals surface area contributed by atoms with Crippen LogP contribution >= 0.6 is 24.0 Å². The molecule has 2 atom stereocenters. The Kier molecular flexibility index (Phi) is 11.2. The predicted molar refractivity (Wildman–Crippen MR) is 109 cm³/mol. The minimum absolute atomic E-state index is 0. The van der Waals surface area contributed by atoms with Gasteiger partial charge in [0.05, 0.1) is 19.8 Å². The summed E-state index contributed by atoms with van der Waals surface area (Å²) in [7, 11) is 3.60. The highest BCUT2D eigenvalue weighted by molar-refractivity contribution is 14.0. The van der Waals surface area contributed by atoms with Crippen molar-refractivity contribution >= 4 is 29.9 Å². The van der Waals surface area contributed by atoms with Crippen molar-refractivity contribution in [3.63, 3.8) is 0 Å². The standard InChI is InChI=1S/C17H34N4O2.HI/c1-4-20-7-5-15(12-20)11-19-17(18-2)21-8-6-16(13-21)14-23-10-9-22-3;/h15-16H,4-14H2,1-3H3,(H,18,19);1H. The van der Waals surface area contributed by atoms with Crippen molar-refractivity contribution in [2.45, 2.75) is 19.8 Å². The Labute approximate surface area is 164 Å². The van der Waals surface area contributed by atoms with Gasteiger partial charge in [-0.3, -0.25) is 4.99 Å². The molecule has 0 radical (unpaired) electrons. The highest BCUT2D eigenvalue weighted by Gasteiger charge is 2.26. The van der Waals surface area contributed by atoms with Crippen molar-refractivity contribution < 1.29 is 9.47 Å². The van der Waals surface area contributed by atoms with Gasteiger partial charge < -0.3 is 24.6 Å². The van der Waals surface area contributed by atoms with Gasteiger partial charge in [-0.15, -0.1) is 24.0 Å². The van der Waals surface area contributed by atoms with Crippen molar-refractivity contribution in [1.29, 1.82) is 0 Å². The van der Waals surface area contributed by atoms with Gasteiger partial charge in [0.2, 0.25) is 0 Å². The molecule has 142 valence electrons. The van der Waals surface area contributed by atoms with Crippen molar-refractivity contribution in [2.75, 3.05) is 73.2 Å². The topological polar surface area (TPSA) is 49.3 Å². The van der Waals surface area contributed by atoms with Gasteiger partial charge >= 0.3 is 0 Å². The average Bonchev–Trinajstić information content (AvgIpc) is 3.22. The molecule has 0 saturated carbocycles. The molecule has 2 saturated heterocycles. The van der Waals surface area contributed by atoms with Crippen molar-refractivity contribution in [3.05, 3.63) is 0 Å². The number of nitrogens with zero attached hydrogens (tertiary/aromatic N) is 3. The average molecular weight is 454 g/mol. The number of rotatable bonds is 8. The number of guanidine groups is 1. The molecule has 7 heteroatoms. The van der Waals surface area contributed by atoms with Crippen LogP contribution in [0.1, 0.15) is 19.8 Å². The third-order valence-corrected chi connectivity index (χ3v) is 4.95. The molecular weight excluding hydrogens is 419 g/mol. The first-order valence-electron chi connectivity index (χ1n) is 9.01. The number of ether oxygens (including phenoxy) is 2. The van der Waals surface area contributed by atoms with Gasteiger partial charge in [0.15, 0.2) is 5.96 Å². The SMILES string of the molecule is CCN1CCC(CNC(=NC)N2CCC(COCCOC)C2)C1.I. The van der Waals surface area contributed by atoms with Gasteiger partial charge in [0.1, 0.15) is 0 Å². The summed E-state index contributed by atoms with van der Waals surface area (Å²) in [6.45, 7) is 11.2. The number of hydrogen-bond acceptors (Lipinski definition) is 4. The Balaban J connectivity index is 0.00000288. The quantitative estimate of drug-likeness (QED) is 0.261. The molecule has 0 spiro atoms. The molecular formula is C17H35IN4O2. The van der Waals surface area contributed by atoms with Crippen LogP contribution in [0.5, 0.6) is 0 Å². The lowest BCUT2D eigenvalue weighted by Gasteiger charge is -2.23. The molecule has 6 nitrogen and oxygen atoms in total. The van der Waals surface area contributed by atoms with Crippen LogP contribution in [-0.2, 0) is 9.47 Å². The van der Waals surface area contributed by atoms with Crippen LogP contribution in [0.4, 0.5) is 0 Å². The minimum atomic E-state index is 0.